The number of aromatic nitrogens is 6. The minimum atomic E-state index is 0.487. The van der Waals surface area contributed by atoms with E-state index in [0.717, 1.165) is 53.7 Å². The van der Waals surface area contributed by atoms with E-state index in [-0.39, 0.29) is 0 Å². The molecule has 1 aliphatic rings. The van der Waals surface area contributed by atoms with Gasteiger partial charge in [0.05, 0.1) is 16.9 Å². The summed E-state index contributed by atoms with van der Waals surface area (Å²) in [4.78, 5) is 3.38. The summed E-state index contributed by atoms with van der Waals surface area (Å²) < 4.78 is 8.06. The molecule has 0 spiro atoms. The summed E-state index contributed by atoms with van der Waals surface area (Å²) in [6, 6.07) is 8.32. The third-order valence-electron chi connectivity index (χ3n) is 5.15. The fraction of sp³-hybridized carbons (Fsp3) is 0.412. The maximum atomic E-state index is 5.70. The highest BCUT2D eigenvalue weighted by Gasteiger charge is 2.24. The second-order valence-corrected chi connectivity index (χ2v) is 8.18. The molecule has 0 saturated carbocycles. The van der Waals surface area contributed by atoms with Crippen molar-refractivity contribution in [1.29, 1.82) is 0 Å². The first-order chi connectivity index (χ1) is 12.7. The van der Waals surface area contributed by atoms with E-state index in [1.807, 2.05) is 22.4 Å². The Labute approximate surface area is 159 Å². The largest absolute Gasteiger partial charge is 0.320 e. The van der Waals surface area contributed by atoms with Gasteiger partial charge < -0.3 is 4.57 Å². The van der Waals surface area contributed by atoms with Crippen LogP contribution in [0.5, 0.6) is 0 Å². The number of hydrogen-bond donors (Lipinski definition) is 0. The Balaban J connectivity index is 1.35. The minimum Gasteiger partial charge on any atom is -0.320 e. The summed E-state index contributed by atoms with van der Waals surface area (Å²) >= 11 is 7.39. The second kappa shape index (κ2) is 6.26. The fourth-order valence-corrected chi connectivity index (χ4v) is 5.13. The van der Waals surface area contributed by atoms with E-state index in [9.17, 15) is 0 Å². The summed E-state index contributed by atoms with van der Waals surface area (Å²) in [5, 5.41) is 13.0. The Morgan fingerprint density at radius 1 is 1.23 bits per heavy atom. The summed E-state index contributed by atoms with van der Waals surface area (Å²) in [6.07, 6.45) is 3.96. The Bertz CT molecular complexity index is 1130. The van der Waals surface area contributed by atoms with Gasteiger partial charge in [0.2, 0.25) is 9.73 Å². The Hall–Kier alpha value is -2.10. The van der Waals surface area contributed by atoms with Crippen LogP contribution < -0.4 is 0 Å². The molecule has 0 unspecified atom stereocenters. The molecule has 7 nitrogen and oxygen atoms in total. The topological polar surface area (TPSA) is 56.2 Å². The third kappa shape index (κ3) is 2.58. The number of likely N-dealkylation sites (tertiary alicyclic amines) is 1. The van der Waals surface area contributed by atoms with Crippen LogP contribution >= 0.6 is 23.6 Å². The summed E-state index contributed by atoms with van der Waals surface area (Å²) in [5.74, 6) is 1.58. The van der Waals surface area contributed by atoms with Gasteiger partial charge >= 0.3 is 0 Å². The highest BCUT2D eigenvalue weighted by molar-refractivity contribution is 7.71. The number of rotatable bonds is 3. The van der Waals surface area contributed by atoms with Gasteiger partial charge in [-0.05, 0) is 37.2 Å². The van der Waals surface area contributed by atoms with Crippen molar-refractivity contribution in [2.75, 3.05) is 13.1 Å². The van der Waals surface area contributed by atoms with Gasteiger partial charge in [-0.1, -0.05) is 23.5 Å². The molecule has 134 valence electrons. The molecule has 0 radical (unpaired) electrons. The molecule has 0 aliphatic carbocycles. The monoisotopic (exact) mass is 385 g/mol. The van der Waals surface area contributed by atoms with E-state index in [1.54, 1.807) is 17.7 Å². The van der Waals surface area contributed by atoms with Gasteiger partial charge in [-0.25, -0.2) is 4.68 Å². The first kappa shape index (κ1) is 16.1. The van der Waals surface area contributed by atoms with E-state index in [1.165, 1.54) is 4.70 Å². The first-order valence-electron chi connectivity index (χ1n) is 8.74. The zero-order chi connectivity index (χ0) is 17.7. The SMILES string of the molecule is Cn1cnnc1C1CCN(Cn2nc3sc4ccccc4n3c2=S)CC1. The predicted molar refractivity (Wildman–Crippen MR) is 104 cm³/mol. The Morgan fingerprint density at radius 3 is 2.81 bits per heavy atom. The molecule has 3 aromatic heterocycles. The van der Waals surface area contributed by atoms with Crippen molar-refractivity contribution in [2.45, 2.75) is 25.4 Å². The van der Waals surface area contributed by atoms with Crippen molar-refractivity contribution < 1.29 is 0 Å². The van der Waals surface area contributed by atoms with Crippen LogP contribution in [-0.2, 0) is 13.7 Å². The molecule has 26 heavy (non-hydrogen) atoms. The van der Waals surface area contributed by atoms with Gasteiger partial charge in [-0.2, -0.15) is 0 Å². The Kier molecular flexibility index (Phi) is 3.87. The number of benzene rings is 1. The number of aryl methyl sites for hydroxylation is 1. The molecule has 0 N–H and O–H groups in total. The summed E-state index contributed by atoms with van der Waals surface area (Å²) in [6.45, 7) is 2.78. The van der Waals surface area contributed by atoms with Crippen molar-refractivity contribution in [3.63, 3.8) is 0 Å². The van der Waals surface area contributed by atoms with Gasteiger partial charge in [-0.3, -0.25) is 9.30 Å². The quantitative estimate of drug-likeness (QED) is 0.508. The fourth-order valence-electron chi connectivity index (χ4n) is 3.76. The van der Waals surface area contributed by atoms with Gasteiger partial charge in [0.1, 0.15) is 12.2 Å². The highest BCUT2D eigenvalue weighted by atomic mass is 32.1. The summed E-state index contributed by atoms with van der Waals surface area (Å²) in [7, 11) is 2.02. The average Bonchev–Trinajstić information content (AvgIpc) is 3.31. The number of fused-ring (bicyclic) bond motifs is 3. The van der Waals surface area contributed by atoms with Crippen LogP contribution in [0.2, 0.25) is 0 Å². The zero-order valence-corrected chi connectivity index (χ0v) is 16.1. The summed E-state index contributed by atoms with van der Waals surface area (Å²) in [5.41, 5.74) is 1.14. The van der Waals surface area contributed by atoms with Crippen molar-refractivity contribution in [2.24, 2.45) is 7.05 Å². The standard InChI is InChI=1S/C17H19N7S2/c1-21-10-18-19-15(21)12-6-8-22(9-7-12)11-23-17(25)24-13-4-2-3-5-14(13)26-16(24)20-23/h2-5,10,12H,6-9,11H2,1H3. The second-order valence-electron chi connectivity index (χ2n) is 6.80. The molecule has 0 atom stereocenters. The number of hydrogen-bond acceptors (Lipinski definition) is 6. The van der Waals surface area contributed by atoms with E-state index in [4.69, 9.17) is 17.3 Å². The van der Waals surface area contributed by atoms with Crippen molar-refractivity contribution in [3.05, 3.63) is 41.2 Å². The van der Waals surface area contributed by atoms with Crippen molar-refractivity contribution >= 4 is 38.7 Å². The normalized spacial score (nSPS) is 16.8. The highest BCUT2D eigenvalue weighted by Crippen LogP contribution is 2.28. The average molecular weight is 386 g/mol. The van der Waals surface area contributed by atoms with E-state index in [0.29, 0.717) is 5.92 Å². The van der Waals surface area contributed by atoms with Gasteiger partial charge in [-0.15, -0.1) is 15.3 Å². The molecule has 9 heteroatoms. The van der Waals surface area contributed by atoms with Crippen LogP contribution in [0.3, 0.4) is 0 Å². The first-order valence-corrected chi connectivity index (χ1v) is 9.96. The lowest BCUT2D eigenvalue weighted by atomic mass is 9.96. The predicted octanol–water partition coefficient (Wildman–Crippen LogP) is 3.05. The van der Waals surface area contributed by atoms with Gasteiger partial charge in [0.25, 0.3) is 0 Å². The Morgan fingerprint density at radius 2 is 2.04 bits per heavy atom. The molecular formula is C17H19N7S2. The smallest absolute Gasteiger partial charge is 0.216 e. The van der Waals surface area contributed by atoms with E-state index in [2.05, 4.69) is 37.7 Å². The number of piperidine rings is 1. The molecular weight excluding hydrogens is 366 g/mol. The van der Waals surface area contributed by atoms with Gasteiger partial charge in [0, 0.05) is 26.1 Å². The molecule has 5 rings (SSSR count). The molecule has 1 aliphatic heterocycles. The van der Waals surface area contributed by atoms with Crippen molar-refractivity contribution in [3.8, 4) is 0 Å². The van der Waals surface area contributed by atoms with Crippen molar-refractivity contribution in [1.82, 2.24) is 33.8 Å². The molecule has 1 saturated heterocycles. The molecule has 1 fully saturated rings. The van der Waals surface area contributed by atoms with Crippen LogP contribution in [0.4, 0.5) is 0 Å². The maximum Gasteiger partial charge on any atom is 0.216 e. The number of para-hydroxylation sites is 1. The molecule has 4 aromatic rings. The lowest BCUT2D eigenvalue weighted by Gasteiger charge is -2.30. The maximum absolute atomic E-state index is 5.70. The third-order valence-corrected chi connectivity index (χ3v) is 6.56. The van der Waals surface area contributed by atoms with E-state index < -0.39 is 0 Å². The van der Waals surface area contributed by atoms with E-state index >= 15 is 0 Å². The zero-order valence-electron chi connectivity index (χ0n) is 14.4. The molecule has 1 aromatic carbocycles. The molecule has 0 bridgehead atoms. The number of nitrogens with zero attached hydrogens (tertiary/aromatic N) is 7. The number of thiazole rings is 1. The lowest BCUT2D eigenvalue weighted by molar-refractivity contribution is 0.158. The van der Waals surface area contributed by atoms with Crippen LogP contribution in [0, 0.1) is 4.77 Å². The van der Waals surface area contributed by atoms with Gasteiger partial charge in [0.15, 0.2) is 0 Å². The van der Waals surface area contributed by atoms with Crippen LogP contribution in [0.25, 0.3) is 15.2 Å². The molecule has 0 amide bonds. The lowest BCUT2D eigenvalue weighted by Crippen LogP contribution is -2.35. The van der Waals surface area contributed by atoms with Crippen LogP contribution in [0.15, 0.2) is 30.6 Å². The minimum absolute atomic E-state index is 0.487. The van der Waals surface area contributed by atoms with Crippen LogP contribution in [0.1, 0.15) is 24.6 Å². The molecule has 4 heterocycles. The van der Waals surface area contributed by atoms with Crippen LogP contribution in [-0.4, -0.2) is 46.9 Å².